The second-order valence-corrected chi connectivity index (χ2v) is 2.91. The quantitative estimate of drug-likeness (QED) is 0.479. The van der Waals surface area contributed by atoms with E-state index in [4.69, 9.17) is 11.5 Å². The summed E-state index contributed by atoms with van der Waals surface area (Å²) < 4.78 is 0. The van der Waals surface area contributed by atoms with E-state index in [-0.39, 0.29) is 6.54 Å². The third-order valence-electron chi connectivity index (χ3n) is 1.88. The van der Waals surface area contributed by atoms with Crippen LogP contribution in [0.5, 0.6) is 0 Å². The third kappa shape index (κ3) is 2.42. The van der Waals surface area contributed by atoms with E-state index in [2.05, 4.69) is 0 Å². The Morgan fingerprint density at radius 2 is 1.69 bits per heavy atom. The highest BCUT2D eigenvalue weighted by Crippen LogP contribution is 2.17. The van der Waals surface area contributed by atoms with Gasteiger partial charge in [0, 0.05) is 12.2 Å². The van der Waals surface area contributed by atoms with Crippen molar-refractivity contribution in [2.24, 2.45) is 5.73 Å². The Hall–Kier alpha value is -1.10. The Labute approximate surface area is 76.8 Å². The van der Waals surface area contributed by atoms with E-state index in [1.807, 2.05) is 0 Å². The number of benzene rings is 1. The molecule has 0 heterocycles. The van der Waals surface area contributed by atoms with E-state index < -0.39 is 12.2 Å². The normalized spacial score (nSPS) is 15.3. The van der Waals surface area contributed by atoms with Gasteiger partial charge in [0.2, 0.25) is 0 Å². The zero-order valence-corrected chi connectivity index (χ0v) is 7.22. The van der Waals surface area contributed by atoms with Crippen molar-refractivity contribution in [3.63, 3.8) is 0 Å². The topological polar surface area (TPSA) is 92.5 Å². The molecule has 0 radical (unpaired) electrons. The summed E-state index contributed by atoms with van der Waals surface area (Å²) in [6.45, 7) is 0.0333. The van der Waals surface area contributed by atoms with E-state index in [1.165, 1.54) is 0 Å². The molecule has 0 bridgehead atoms. The fourth-order valence-electron chi connectivity index (χ4n) is 1.04. The lowest BCUT2D eigenvalue weighted by atomic mass is 10.0. The summed E-state index contributed by atoms with van der Waals surface area (Å²) in [6.07, 6.45) is -1.87. The molecular weight excluding hydrogens is 168 g/mol. The third-order valence-corrected chi connectivity index (χ3v) is 1.88. The molecule has 2 atom stereocenters. The van der Waals surface area contributed by atoms with Crippen LogP contribution in [0.25, 0.3) is 0 Å². The molecule has 0 saturated heterocycles. The van der Waals surface area contributed by atoms with Gasteiger partial charge in [-0.05, 0) is 17.7 Å². The molecular formula is C9H14N2O2. The van der Waals surface area contributed by atoms with Crippen LogP contribution in [0.2, 0.25) is 0 Å². The predicted octanol–water partition coefficient (Wildman–Crippen LogP) is -0.378. The van der Waals surface area contributed by atoms with Crippen LogP contribution in [0.15, 0.2) is 24.3 Å². The van der Waals surface area contributed by atoms with Gasteiger partial charge in [0.25, 0.3) is 0 Å². The van der Waals surface area contributed by atoms with Gasteiger partial charge in [-0.3, -0.25) is 0 Å². The van der Waals surface area contributed by atoms with Crippen LogP contribution in [0, 0.1) is 0 Å². The maximum atomic E-state index is 9.51. The molecule has 4 heteroatoms. The average molecular weight is 182 g/mol. The molecule has 1 aromatic rings. The molecule has 1 rings (SSSR count). The van der Waals surface area contributed by atoms with Gasteiger partial charge < -0.3 is 21.7 Å². The van der Waals surface area contributed by atoms with Crippen LogP contribution >= 0.6 is 0 Å². The van der Waals surface area contributed by atoms with Gasteiger partial charge >= 0.3 is 0 Å². The van der Waals surface area contributed by atoms with Crippen molar-refractivity contribution in [1.29, 1.82) is 0 Å². The van der Waals surface area contributed by atoms with E-state index in [1.54, 1.807) is 24.3 Å². The lowest BCUT2D eigenvalue weighted by molar-refractivity contribution is 0.0243. The van der Waals surface area contributed by atoms with E-state index in [9.17, 15) is 10.2 Å². The first-order chi connectivity index (χ1) is 6.15. The molecule has 0 amide bonds. The maximum absolute atomic E-state index is 9.51. The van der Waals surface area contributed by atoms with Gasteiger partial charge in [-0.1, -0.05) is 12.1 Å². The van der Waals surface area contributed by atoms with Crippen molar-refractivity contribution >= 4 is 5.69 Å². The summed E-state index contributed by atoms with van der Waals surface area (Å²) in [7, 11) is 0. The predicted molar refractivity (Wildman–Crippen MR) is 50.9 cm³/mol. The van der Waals surface area contributed by atoms with Crippen LogP contribution < -0.4 is 11.5 Å². The molecule has 0 aliphatic carbocycles. The van der Waals surface area contributed by atoms with Crippen LogP contribution in [-0.4, -0.2) is 22.9 Å². The van der Waals surface area contributed by atoms with Gasteiger partial charge in [-0.25, -0.2) is 0 Å². The standard InChI is InChI=1S/C9H14N2O2/c10-5-8(12)9(13)6-1-3-7(11)4-2-6/h1-4,8-9,12-13H,5,10-11H2. The number of hydrogen-bond donors (Lipinski definition) is 4. The molecule has 0 saturated carbocycles. The largest absolute Gasteiger partial charge is 0.399 e. The van der Waals surface area contributed by atoms with Crippen LogP contribution in [-0.2, 0) is 0 Å². The Morgan fingerprint density at radius 3 is 2.15 bits per heavy atom. The number of nitrogen functional groups attached to an aromatic ring is 1. The zero-order valence-electron chi connectivity index (χ0n) is 7.22. The molecule has 0 spiro atoms. The van der Waals surface area contributed by atoms with Gasteiger partial charge in [0.05, 0.1) is 6.10 Å². The highest BCUT2D eigenvalue weighted by Gasteiger charge is 2.15. The minimum absolute atomic E-state index is 0.0333. The number of hydrogen-bond acceptors (Lipinski definition) is 4. The Kier molecular flexibility index (Phi) is 3.25. The first-order valence-electron chi connectivity index (χ1n) is 4.06. The van der Waals surface area contributed by atoms with Gasteiger partial charge in [-0.2, -0.15) is 0 Å². The van der Waals surface area contributed by atoms with Crippen molar-refractivity contribution in [2.75, 3.05) is 12.3 Å². The van der Waals surface area contributed by atoms with Crippen molar-refractivity contribution in [3.05, 3.63) is 29.8 Å². The summed E-state index contributed by atoms with van der Waals surface area (Å²) in [5, 5.41) is 18.8. The summed E-state index contributed by atoms with van der Waals surface area (Å²) in [5.74, 6) is 0. The van der Waals surface area contributed by atoms with Crippen molar-refractivity contribution in [1.82, 2.24) is 0 Å². The highest BCUT2D eigenvalue weighted by molar-refractivity contribution is 5.39. The smallest absolute Gasteiger partial charge is 0.106 e. The number of anilines is 1. The first-order valence-corrected chi connectivity index (χ1v) is 4.06. The first kappa shape index (κ1) is 9.98. The molecule has 6 N–H and O–H groups in total. The molecule has 1 aromatic carbocycles. The van der Waals surface area contributed by atoms with Crippen molar-refractivity contribution in [3.8, 4) is 0 Å². The van der Waals surface area contributed by atoms with Gasteiger partial charge in [-0.15, -0.1) is 0 Å². The number of nitrogens with two attached hydrogens (primary N) is 2. The van der Waals surface area contributed by atoms with Crippen LogP contribution in [0.1, 0.15) is 11.7 Å². The van der Waals surface area contributed by atoms with Crippen LogP contribution in [0.3, 0.4) is 0 Å². The molecule has 13 heavy (non-hydrogen) atoms. The SMILES string of the molecule is NCC(O)C(O)c1ccc(N)cc1. The molecule has 0 aliphatic heterocycles. The Morgan fingerprint density at radius 1 is 1.15 bits per heavy atom. The molecule has 0 fully saturated rings. The zero-order chi connectivity index (χ0) is 9.84. The lowest BCUT2D eigenvalue weighted by Crippen LogP contribution is -2.27. The highest BCUT2D eigenvalue weighted by atomic mass is 16.3. The molecule has 0 aliphatic rings. The van der Waals surface area contributed by atoms with Gasteiger partial charge in [0.1, 0.15) is 6.10 Å². The van der Waals surface area contributed by atoms with Gasteiger partial charge in [0.15, 0.2) is 0 Å². The van der Waals surface area contributed by atoms with Crippen LogP contribution in [0.4, 0.5) is 5.69 Å². The second-order valence-electron chi connectivity index (χ2n) is 2.91. The van der Waals surface area contributed by atoms with E-state index in [0.29, 0.717) is 11.3 Å². The minimum Gasteiger partial charge on any atom is -0.399 e. The molecule has 0 aromatic heterocycles. The summed E-state index contributed by atoms with van der Waals surface area (Å²) in [6, 6.07) is 6.67. The van der Waals surface area contributed by atoms with E-state index in [0.717, 1.165) is 0 Å². The molecule has 72 valence electrons. The Bertz CT molecular complexity index is 261. The number of aliphatic hydroxyl groups is 2. The Balaban J connectivity index is 2.77. The monoisotopic (exact) mass is 182 g/mol. The number of aliphatic hydroxyl groups excluding tert-OH is 2. The molecule has 4 nitrogen and oxygen atoms in total. The average Bonchev–Trinajstić information content (AvgIpc) is 2.17. The summed E-state index contributed by atoms with van der Waals surface area (Å²) in [5.41, 5.74) is 11.9. The summed E-state index contributed by atoms with van der Waals surface area (Å²) >= 11 is 0. The van der Waals surface area contributed by atoms with E-state index >= 15 is 0 Å². The lowest BCUT2D eigenvalue weighted by Gasteiger charge is -2.16. The fourth-order valence-corrected chi connectivity index (χ4v) is 1.04. The molecule has 2 unspecified atom stereocenters. The van der Waals surface area contributed by atoms with Crippen molar-refractivity contribution < 1.29 is 10.2 Å². The maximum Gasteiger partial charge on any atom is 0.106 e. The number of rotatable bonds is 3. The van der Waals surface area contributed by atoms with Crippen molar-refractivity contribution in [2.45, 2.75) is 12.2 Å². The summed E-state index contributed by atoms with van der Waals surface area (Å²) in [4.78, 5) is 0. The second kappa shape index (κ2) is 4.23. The minimum atomic E-state index is -0.939. The fraction of sp³-hybridized carbons (Fsp3) is 0.333.